The van der Waals surface area contributed by atoms with Crippen LogP contribution < -0.4 is 0 Å². The molecule has 3 heterocycles. The van der Waals surface area contributed by atoms with Crippen molar-refractivity contribution in [2.24, 2.45) is 0 Å². The van der Waals surface area contributed by atoms with E-state index in [1.165, 1.54) is 6.07 Å². The molecule has 1 aromatic carbocycles. The third kappa shape index (κ3) is 4.14. The lowest BCUT2D eigenvalue weighted by Crippen LogP contribution is -2.41. The third-order valence-electron chi connectivity index (χ3n) is 5.35. The fourth-order valence-corrected chi connectivity index (χ4v) is 3.90. The summed E-state index contributed by atoms with van der Waals surface area (Å²) in [6.45, 7) is 3.43. The monoisotopic (exact) mass is 415 g/mol. The number of carbonyl (C=O) groups is 1. The minimum absolute atomic E-state index is 0.0148. The molecule has 0 spiro atoms. The zero-order valence-electron chi connectivity index (χ0n) is 16.3. The molecule has 2 aromatic heterocycles. The van der Waals surface area contributed by atoms with Crippen LogP contribution in [0.15, 0.2) is 42.6 Å². The van der Waals surface area contributed by atoms with E-state index < -0.39 is 0 Å². The number of halogens is 2. The molecule has 7 heteroatoms. The average molecular weight is 416 g/mol. The average Bonchev–Trinajstić information content (AvgIpc) is 3.10. The Bertz CT molecular complexity index is 1030. The van der Waals surface area contributed by atoms with Crippen molar-refractivity contribution in [2.45, 2.75) is 38.9 Å². The fraction of sp³-hybridized carbons (Fsp3) is 0.364. The lowest BCUT2D eigenvalue weighted by molar-refractivity contribution is -0.00148. The predicted octanol–water partition coefficient (Wildman–Crippen LogP) is 4.51. The lowest BCUT2D eigenvalue weighted by Gasteiger charge is -2.32. The van der Waals surface area contributed by atoms with E-state index in [9.17, 15) is 9.18 Å². The van der Waals surface area contributed by atoms with Gasteiger partial charge in [0.15, 0.2) is 0 Å². The van der Waals surface area contributed by atoms with Crippen molar-refractivity contribution < 1.29 is 13.9 Å². The molecule has 152 valence electrons. The summed E-state index contributed by atoms with van der Waals surface area (Å²) in [7, 11) is 0. The van der Waals surface area contributed by atoms with Gasteiger partial charge in [0.2, 0.25) is 0 Å². The minimum Gasteiger partial charge on any atom is -0.373 e. The molecule has 0 saturated carbocycles. The van der Waals surface area contributed by atoms with Crippen molar-refractivity contribution in [2.75, 3.05) is 13.1 Å². The molecule has 0 N–H and O–H groups in total. The summed E-state index contributed by atoms with van der Waals surface area (Å²) in [5.41, 5.74) is 2.63. The number of pyridine rings is 1. The van der Waals surface area contributed by atoms with E-state index >= 15 is 0 Å². The predicted molar refractivity (Wildman–Crippen MR) is 110 cm³/mol. The summed E-state index contributed by atoms with van der Waals surface area (Å²) < 4.78 is 21.4. The number of hydrogen-bond acceptors (Lipinski definition) is 3. The summed E-state index contributed by atoms with van der Waals surface area (Å²) >= 11 is 6.13. The summed E-state index contributed by atoms with van der Waals surface area (Å²) in [6, 6.07) is 10.2. The molecule has 0 bridgehead atoms. The van der Waals surface area contributed by atoms with Crippen LogP contribution in [0.3, 0.4) is 0 Å². The molecule has 1 amide bonds. The molecule has 1 aliphatic rings. The first-order valence-corrected chi connectivity index (χ1v) is 10.3. The van der Waals surface area contributed by atoms with Gasteiger partial charge in [-0.2, -0.15) is 0 Å². The molecule has 0 atom stereocenters. The summed E-state index contributed by atoms with van der Waals surface area (Å²) in [6.07, 6.45) is 3.86. The summed E-state index contributed by atoms with van der Waals surface area (Å²) in [5, 5.41) is 0.562. The van der Waals surface area contributed by atoms with Crippen LogP contribution in [0.1, 0.15) is 41.5 Å². The Morgan fingerprint density at radius 2 is 2.00 bits per heavy atom. The van der Waals surface area contributed by atoms with Crippen LogP contribution in [-0.4, -0.2) is 39.4 Å². The van der Waals surface area contributed by atoms with E-state index in [1.54, 1.807) is 34.9 Å². The van der Waals surface area contributed by atoms with Gasteiger partial charge < -0.3 is 9.64 Å². The molecule has 3 aromatic rings. The maximum atomic E-state index is 13.7. The van der Waals surface area contributed by atoms with Gasteiger partial charge in [-0.15, -0.1) is 0 Å². The number of benzene rings is 1. The lowest BCUT2D eigenvalue weighted by atomic mass is 10.1. The van der Waals surface area contributed by atoms with Crippen LogP contribution in [0.4, 0.5) is 4.39 Å². The molecular weight excluding hydrogens is 393 g/mol. The van der Waals surface area contributed by atoms with Gasteiger partial charge in [-0.25, -0.2) is 9.37 Å². The van der Waals surface area contributed by atoms with Crippen LogP contribution >= 0.6 is 11.6 Å². The number of likely N-dealkylation sites (tertiary alicyclic amines) is 1. The maximum Gasteiger partial charge on any atom is 0.272 e. The van der Waals surface area contributed by atoms with Crippen molar-refractivity contribution >= 4 is 23.2 Å². The highest BCUT2D eigenvalue weighted by Gasteiger charge is 2.28. The first kappa shape index (κ1) is 19.9. The van der Waals surface area contributed by atoms with Gasteiger partial charge in [-0.3, -0.25) is 9.20 Å². The maximum absolute atomic E-state index is 13.7. The Balaban J connectivity index is 1.42. The molecule has 29 heavy (non-hydrogen) atoms. The van der Waals surface area contributed by atoms with Gasteiger partial charge in [0.25, 0.3) is 5.91 Å². The topological polar surface area (TPSA) is 46.8 Å². The third-order valence-corrected chi connectivity index (χ3v) is 5.58. The number of aryl methyl sites for hydroxylation is 1. The summed E-state index contributed by atoms with van der Waals surface area (Å²) in [4.78, 5) is 19.6. The van der Waals surface area contributed by atoms with Gasteiger partial charge in [-0.1, -0.05) is 36.7 Å². The van der Waals surface area contributed by atoms with Crippen molar-refractivity contribution in [3.05, 3.63) is 70.4 Å². The van der Waals surface area contributed by atoms with Crippen LogP contribution in [0.25, 0.3) is 5.65 Å². The molecule has 1 fully saturated rings. The molecule has 0 radical (unpaired) electrons. The standard InChI is InChI=1S/C22H23ClFN3O2/c1-2-19-21(27-13-16(23)7-8-20(27)25-19)22(28)26-11-9-17(10-12-26)29-14-15-5-3-4-6-18(15)24/h3-8,13,17H,2,9-12,14H2,1H3. The second-order valence-corrected chi connectivity index (χ2v) is 7.67. The molecule has 5 nitrogen and oxygen atoms in total. The SMILES string of the molecule is CCc1nc2ccc(Cl)cn2c1C(=O)N1CCC(OCc2ccccc2F)CC1. The van der Waals surface area contributed by atoms with E-state index in [-0.39, 0.29) is 24.4 Å². The largest absolute Gasteiger partial charge is 0.373 e. The summed E-state index contributed by atoms with van der Waals surface area (Å²) in [5.74, 6) is -0.289. The molecule has 1 aliphatic heterocycles. The van der Waals surface area contributed by atoms with E-state index in [2.05, 4.69) is 4.98 Å². The van der Waals surface area contributed by atoms with Gasteiger partial charge in [-0.05, 0) is 37.5 Å². The highest BCUT2D eigenvalue weighted by Crippen LogP contribution is 2.22. The van der Waals surface area contributed by atoms with Crippen molar-refractivity contribution in [1.29, 1.82) is 0 Å². The Labute approximate surface area is 174 Å². The number of piperidine rings is 1. The van der Waals surface area contributed by atoms with E-state index in [4.69, 9.17) is 16.3 Å². The van der Waals surface area contributed by atoms with Crippen molar-refractivity contribution in [1.82, 2.24) is 14.3 Å². The Hall–Kier alpha value is -2.44. The number of hydrogen-bond donors (Lipinski definition) is 0. The van der Waals surface area contributed by atoms with Gasteiger partial charge >= 0.3 is 0 Å². The highest BCUT2D eigenvalue weighted by atomic mass is 35.5. The zero-order valence-corrected chi connectivity index (χ0v) is 17.0. The van der Waals surface area contributed by atoms with Crippen LogP contribution in [0.2, 0.25) is 5.02 Å². The first-order chi connectivity index (χ1) is 14.1. The molecule has 1 saturated heterocycles. The number of aromatic nitrogens is 2. The van der Waals surface area contributed by atoms with Crippen LogP contribution in [-0.2, 0) is 17.8 Å². The number of amides is 1. The number of fused-ring (bicyclic) bond motifs is 1. The van der Waals surface area contributed by atoms with Gasteiger partial charge in [0.05, 0.1) is 23.4 Å². The molecule has 4 rings (SSSR count). The van der Waals surface area contributed by atoms with Gasteiger partial charge in [0.1, 0.15) is 17.2 Å². The van der Waals surface area contributed by atoms with E-state index in [0.29, 0.717) is 35.8 Å². The normalized spacial score (nSPS) is 15.2. The zero-order chi connectivity index (χ0) is 20.4. The Morgan fingerprint density at radius 3 is 2.72 bits per heavy atom. The molecular formula is C22H23ClFN3O2. The van der Waals surface area contributed by atoms with Crippen LogP contribution in [0, 0.1) is 5.82 Å². The molecule has 0 unspecified atom stereocenters. The first-order valence-electron chi connectivity index (χ1n) is 9.87. The van der Waals surface area contributed by atoms with Gasteiger partial charge in [0, 0.05) is 24.8 Å². The van der Waals surface area contributed by atoms with E-state index in [1.807, 2.05) is 17.9 Å². The number of nitrogens with zero attached hydrogens (tertiary/aromatic N) is 3. The van der Waals surface area contributed by atoms with Crippen LogP contribution in [0.5, 0.6) is 0 Å². The number of rotatable bonds is 5. The number of ether oxygens (including phenoxy) is 1. The van der Waals surface area contributed by atoms with E-state index in [0.717, 1.165) is 24.2 Å². The number of imidazole rings is 1. The minimum atomic E-state index is -0.251. The highest BCUT2D eigenvalue weighted by molar-refractivity contribution is 6.30. The Morgan fingerprint density at radius 1 is 1.24 bits per heavy atom. The number of carbonyl (C=O) groups excluding carboxylic acids is 1. The fourth-order valence-electron chi connectivity index (χ4n) is 3.74. The second kappa shape index (κ2) is 8.51. The smallest absolute Gasteiger partial charge is 0.272 e. The quantitative estimate of drug-likeness (QED) is 0.616. The second-order valence-electron chi connectivity index (χ2n) is 7.23. The van der Waals surface area contributed by atoms with Crippen molar-refractivity contribution in [3.63, 3.8) is 0 Å². The Kier molecular flexibility index (Phi) is 5.83. The van der Waals surface area contributed by atoms with Crippen molar-refractivity contribution in [3.8, 4) is 0 Å². The molecule has 0 aliphatic carbocycles.